The SMILES string of the molecule is C=C/C(C)=C/S(=O)[O-].[Li+]. The fraction of sp³-hybridized carbons (Fsp3) is 0.200. The number of allylic oxidation sites excluding steroid dienone is 2. The third-order valence-electron chi connectivity index (χ3n) is 0.604. The standard InChI is InChI=1S/C5H8O2S.Li/c1-3-5(2)4-8(6)7;/h3-4H,1H2,2H3,(H,6,7);/q;+1/p-1/b5-4+;. The Labute approximate surface area is 69.5 Å². The molecule has 0 heterocycles. The van der Waals surface area contributed by atoms with E-state index in [-0.39, 0.29) is 18.9 Å². The van der Waals surface area contributed by atoms with Gasteiger partial charge in [0.05, 0.1) is 0 Å². The van der Waals surface area contributed by atoms with Crippen molar-refractivity contribution >= 4 is 11.1 Å². The second-order valence-corrected chi connectivity index (χ2v) is 2.08. The number of hydrogen-bond donors (Lipinski definition) is 0. The maximum Gasteiger partial charge on any atom is 1.00 e. The van der Waals surface area contributed by atoms with Gasteiger partial charge in [-0.25, -0.2) is 0 Å². The molecule has 0 radical (unpaired) electrons. The van der Waals surface area contributed by atoms with Crippen molar-refractivity contribution in [3.05, 3.63) is 23.6 Å². The molecule has 46 valence electrons. The van der Waals surface area contributed by atoms with Gasteiger partial charge in [-0.1, -0.05) is 12.7 Å². The van der Waals surface area contributed by atoms with Crippen molar-refractivity contribution in [2.75, 3.05) is 0 Å². The Bertz CT molecular complexity index is 142. The summed E-state index contributed by atoms with van der Waals surface area (Å²) in [4.78, 5) is 0. The van der Waals surface area contributed by atoms with Gasteiger partial charge in [0.15, 0.2) is 0 Å². The summed E-state index contributed by atoms with van der Waals surface area (Å²) in [6.45, 7) is 5.04. The first-order chi connectivity index (χ1) is 3.66. The predicted molar refractivity (Wildman–Crippen MR) is 32.9 cm³/mol. The number of rotatable bonds is 2. The molecule has 0 saturated heterocycles. The van der Waals surface area contributed by atoms with Crippen LogP contribution in [-0.2, 0) is 11.1 Å². The van der Waals surface area contributed by atoms with Gasteiger partial charge in [-0.3, -0.25) is 4.21 Å². The van der Waals surface area contributed by atoms with Crippen molar-refractivity contribution in [1.29, 1.82) is 0 Å². The monoisotopic (exact) mass is 138 g/mol. The molecule has 1 atom stereocenters. The largest absolute Gasteiger partial charge is 1.00 e. The molecule has 0 aromatic carbocycles. The van der Waals surface area contributed by atoms with Crippen LogP contribution in [0.1, 0.15) is 6.92 Å². The second-order valence-electron chi connectivity index (χ2n) is 1.33. The molecule has 0 spiro atoms. The molecular formula is C5H7LiO2S. The summed E-state index contributed by atoms with van der Waals surface area (Å²) >= 11 is -2.08. The fourth-order valence-electron chi connectivity index (χ4n) is 0.200. The second kappa shape index (κ2) is 6.31. The molecule has 0 aromatic heterocycles. The minimum absolute atomic E-state index is 0. The van der Waals surface area contributed by atoms with Crippen molar-refractivity contribution in [2.24, 2.45) is 0 Å². The van der Waals surface area contributed by atoms with Crippen LogP contribution in [0, 0.1) is 0 Å². The van der Waals surface area contributed by atoms with Crippen molar-refractivity contribution in [3.8, 4) is 0 Å². The zero-order valence-electron chi connectivity index (χ0n) is 5.59. The van der Waals surface area contributed by atoms with Crippen molar-refractivity contribution in [3.63, 3.8) is 0 Å². The van der Waals surface area contributed by atoms with Crippen LogP contribution in [0.4, 0.5) is 0 Å². The van der Waals surface area contributed by atoms with Gasteiger partial charge < -0.3 is 4.55 Å². The van der Waals surface area contributed by atoms with E-state index in [1.54, 1.807) is 6.92 Å². The van der Waals surface area contributed by atoms with Crippen LogP contribution in [0.3, 0.4) is 0 Å². The zero-order chi connectivity index (χ0) is 6.57. The Hall–Kier alpha value is 0.187. The van der Waals surface area contributed by atoms with Crippen molar-refractivity contribution in [1.82, 2.24) is 0 Å². The molecule has 0 N–H and O–H groups in total. The van der Waals surface area contributed by atoms with Gasteiger partial charge in [-0.05, 0) is 29.0 Å². The van der Waals surface area contributed by atoms with E-state index in [1.807, 2.05) is 0 Å². The Balaban J connectivity index is 0. The van der Waals surface area contributed by atoms with Crippen LogP contribution in [0.25, 0.3) is 0 Å². The molecular weight excluding hydrogens is 131 g/mol. The third kappa shape index (κ3) is 8.19. The Morgan fingerprint density at radius 2 is 2.22 bits per heavy atom. The molecule has 0 rings (SSSR count). The van der Waals surface area contributed by atoms with Crippen LogP contribution >= 0.6 is 0 Å². The van der Waals surface area contributed by atoms with Crippen LogP contribution < -0.4 is 18.9 Å². The molecule has 0 aliphatic heterocycles. The summed E-state index contributed by atoms with van der Waals surface area (Å²) in [5, 5.41) is 1.10. The molecule has 0 aliphatic rings. The number of hydrogen-bond acceptors (Lipinski definition) is 2. The summed E-state index contributed by atoms with van der Waals surface area (Å²) in [7, 11) is 0. The van der Waals surface area contributed by atoms with E-state index in [9.17, 15) is 8.76 Å². The summed E-state index contributed by atoms with van der Waals surface area (Å²) in [5.41, 5.74) is 0.651. The van der Waals surface area contributed by atoms with E-state index in [0.29, 0.717) is 5.57 Å². The molecule has 4 heteroatoms. The van der Waals surface area contributed by atoms with Crippen LogP contribution in [0.15, 0.2) is 23.6 Å². The molecule has 0 amide bonds. The zero-order valence-corrected chi connectivity index (χ0v) is 6.40. The quantitative estimate of drug-likeness (QED) is 0.250. The van der Waals surface area contributed by atoms with E-state index in [1.165, 1.54) is 6.08 Å². The molecule has 1 unspecified atom stereocenters. The van der Waals surface area contributed by atoms with Crippen LogP contribution in [0.5, 0.6) is 0 Å². The van der Waals surface area contributed by atoms with Crippen molar-refractivity contribution < 1.29 is 27.6 Å². The van der Waals surface area contributed by atoms with Gasteiger partial charge >= 0.3 is 18.9 Å². The summed E-state index contributed by atoms with van der Waals surface area (Å²) < 4.78 is 19.7. The minimum Gasteiger partial charge on any atom is -0.769 e. The molecule has 0 fully saturated rings. The molecule has 2 nitrogen and oxygen atoms in total. The Morgan fingerprint density at radius 1 is 1.78 bits per heavy atom. The summed E-state index contributed by atoms with van der Waals surface area (Å²) in [6.07, 6.45) is 1.48. The Morgan fingerprint density at radius 3 is 2.33 bits per heavy atom. The van der Waals surface area contributed by atoms with Gasteiger partial charge in [0, 0.05) is 0 Å². The topological polar surface area (TPSA) is 40.1 Å². The van der Waals surface area contributed by atoms with E-state index >= 15 is 0 Å². The molecule has 9 heavy (non-hydrogen) atoms. The predicted octanol–water partition coefficient (Wildman–Crippen LogP) is -2.04. The minimum atomic E-state index is -2.08. The first-order valence-corrected chi connectivity index (χ1v) is 3.19. The molecule has 0 aliphatic carbocycles. The maximum atomic E-state index is 9.84. The maximum absolute atomic E-state index is 9.84. The Kier molecular flexibility index (Phi) is 8.36. The van der Waals surface area contributed by atoms with E-state index in [0.717, 1.165) is 5.41 Å². The molecule has 0 saturated carbocycles. The van der Waals surface area contributed by atoms with Gasteiger partial charge in [-0.2, -0.15) is 0 Å². The first kappa shape index (κ1) is 11.9. The van der Waals surface area contributed by atoms with Crippen LogP contribution in [0.2, 0.25) is 0 Å². The van der Waals surface area contributed by atoms with Crippen LogP contribution in [-0.4, -0.2) is 8.76 Å². The summed E-state index contributed by atoms with van der Waals surface area (Å²) in [5.74, 6) is 0. The summed E-state index contributed by atoms with van der Waals surface area (Å²) in [6, 6.07) is 0. The molecule has 0 bridgehead atoms. The van der Waals surface area contributed by atoms with Gasteiger partial charge in [0.2, 0.25) is 0 Å². The average Bonchev–Trinajstić information content (AvgIpc) is 1.65. The first-order valence-electron chi connectivity index (χ1n) is 2.05. The fourth-order valence-corrected chi connectivity index (χ4v) is 0.600. The normalized spacial score (nSPS) is 13.8. The van der Waals surface area contributed by atoms with E-state index in [2.05, 4.69) is 6.58 Å². The smallest absolute Gasteiger partial charge is 0.769 e. The van der Waals surface area contributed by atoms with Gasteiger partial charge in [-0.15, -0.1) is 0 Å². The molecule has 0 aromatic rings. The van der Waals surface area contributed by atoms with Gasteiger partial charge in [0.1, 0.15) is 0 Å². The third-order valence-corrected chi connectivity index (χ3v) is 1.17. The van der Waals surface area contributed by atoms with Crippen molar-refractivity contribution in [2.45, 2.75) is 6.92 Å². The van der Waals surface area contributed by atoms with Gasteiger partial charge in [0.25, 0.3) is 0 Å². The van der Waals surface area contributed by atoms with E-state index < -0.39 is 11.1 Å². The average molecular weight is 138 g/mol. The van der Waals surface area contributed by atoms with E-state index in [4.69, 9.17) is 0 Å².